The van der Waals surface area contributed by atoms with Crippen molar-refractivity contribution in [3.05, 3.63) is 18.2 Å². The number of aromatic nitrogens is 1. The molecule has 0 atom stereocenters. The summed E-state index contributed by atoms with van der Waals surface area (Å²) in [6.45, 7) is 6.78. The first-order valence-electron chi connectivity index (χ1n) is 5.64. The zero-order chi connectivity index (χ0) is 11.6. The van der Waals surface area contributed by atoms with Crippen LogP contribution in [0.1, 0.15) is 13.8 Å². The molecule has 2 rings (SSSR count). The second-order valence-electron chi connectivity index (χ2n) is 4.66. The largest absolute Gasteiger partial charge is 0.373 e. The molecule has 0 aliphatic carbocycles. The van der Waals surface area contributed by atoms with Crippen molar-refractivity contribution in [1.82, 2.24) is 4.98 Å². The monoisotopic (exact) mass is 221 g/mol. The van der Waals surface area contributed by atoms with Crippen molar-refractivity contribution in [2.45, 2.75) is 19.4 Å². The fourth-order valence-corrected chi connectivity index (χ4v) is 1.95. The van der Waals surface area contributed by atoms with Gasteiger partial charge in [0.2, 0.25) is 0 Å². The summed E-state index contributed by atoms with van der Waals surface area (Å²) in [5, 5.41) is 3.06. The number of hydrogen-bond donors (Lipinski definition) is 1. The highest BCUT2D eigenvalue weighted by molar-refractivity contribution is 5.47. The summed E-state index contributed by atoms with van der Waals surface area (Å²) in [5.41, 5.74) is -0.0877. The van der Waals surface area contributed by atoms with E-state index < -0.39 is 0 Å². The number of nitrogens with one attached hydrogen (secondary N) is 1. The van der Waals surface area contributed by atoms with Crippen LogP contribution in [-0.4, -0.2) is 37.3 Å². The van der Waals surface area contributed by atoms with Crippen LogP contribution in [0.4, 0.5) is 11.6 Å². The smallest absolute Gasteiger partial charge is 0.131 e. The van der Waals surface area contributed by atoms with E-state index in [-0.39, 0.29) is 5.60 Å². The van der Waals surface area contributed by atoms with Crippen LogP contribution in [0.15, 0.2) is 18.2 Å². The second kappa shape index (κ2) is 4.29. The van der Waals surface area contributed by atoms with Gasteiger partial charge in [0.05, 0.1) is 12.2 Å². The molecule has 4 nitrogen and oxygen atoms in total. The lowest BCUT2D eigenvalue weighted by Gasteiger charge is -2.38. The number of ether oxygens (including phenoxy) is 1. The minimum Gasteiger partial charge on any atom is -0.373 e. The van der Waals surface area contributed by atoms with Crippen molar-refractivity contribution >= 4 is 11.6 Å². The van der Waals surface area contributed by atoms with E-state index >= 15 is 0 Å². The van der Waals surface area contributed by atoms with Crippen LogP contribution in [0, 0.1) is 0 Å². The predicted molar refractivity (Wildman–Crippen MR) is 66.0 cm³/mol. The van der Waals surface area contributed by atoms with Crippen LogP contribution in [0.2, 0.25) is 0 Å². The Morgan fingerprint density at radius 2 is 2.25 bits per heavy atom. The normalized spacial score (nSPS) is 19.6. The van der Waals surface area contributed by atoms with Crippen LogP contribution in [-0.2, 0) is 4.74 Å². The Labute approximate surface area is 96.6 Å². The molecule has 0 radical (unpaired) electrons. The highest BCUT2D eigenvalue weighted by Gasteiger charge is 2.27. The van der Waals surface area contributed by atoms with Crippen LogP contribution < -0.4 is 10.2 Å². The summed E-state index contributed by atoms with van der Waals surface area (Å²) in [4.78, 5) is 6.81. The molecule has 0 amide bonds. The maximum Gasteiger partial charge on any atom is 0.131 e. The standard InChI is InChI=1S/C12H19N3O/c1-12(2)9-15(7-8-16-12)11-6-4-5-10(13-3)14-11/h4-6H,7-9H2,1-3H3,(H,13,14). The highest BCUT2D eigenvalue weighted by Crippen LogP contribution is 2.22. The van der Waals surface area contributed by atoms with Gasteiger partial charge in [-0.3, -0.25) is 0 Å². The van der Waals surface area contributed by atoms with E-state index in [0.717, 1.165) is 31.3 Å². The quantitative estimate of drug-likeness (QED) is 0.825. The molecule has 1 aromatic rings. The van der Waals surface area contributed by atoms with Gasteiger partial charge >= 0.3 is 0 Å². The maximum atomic E-state index is 5.69. The average Bonchev–Trinajstić information content (AvgIpc) is 2.28. The highest BCUT2D eigenvalue weighted by atomic mass is 16.5. The zero-order valence-electron chi connectivity index (χ0n) is 10.2. The van der Waals surface area contributed by atoms with E-state index in [2.05, 4.69) is 29.0 Å². The van der Waals surface area contributed by atoms with E-state index in [1.165, 1.54) is 0 Å². The Kier molecular flexibility index (Phi) is 3.01. The molecule has 1 fully saturated rings. The topological polar surface area (TPSA) is 37.4 Å². The first-order valence-corrected chi connectivity index (χ1v) is 5.64. The Morgan fingerprint density at radius 1 is 1.44 bits per heavy atom. The molecule has 0 unspecified atom stereocenters. The first-order chi connectivity index (χ1) is 7.61. The summed E-state index contributed by atoms with van der Waals surface area (Å²) < 4.78 is 5.69. The molecule has 0 saturated carbocycles. The van der Waals surface area contributed by atoms with Crippen LogP contribution in [0.5, 0.6) is 0 Å². The Balaban J connectivity index is 2.16. The number of anilines is 2. The Hall–Kier alpha value is -1.29. The molecule has 16 heavy (non-hydrogen) atoms. The van der Waals surface area contributed by atoms with Crippen molar-refractivity contribution < 1.29 is 4.74 Å². The third kappa shape index (κ3) is 2.44. The molecular formula is C12H19N3O. The van der Waals surface area contributed by atoms with Crippen molar-refractivity contribution in [3.8, 4) is 0 Å². The van der Waals surface area contributed by atoms with Gasteiger partial charge in [0.1, 0.15) is 11.6 Å². The van der Waals surface area contributed by atoms with Gasteiger partial charge in [0, 0.05) is 20.1 Å². The molecule has 0 spiro atoms. The molecule has 0 aromatic carbocycles. The molecule has 1 aliphatic rings. The van der Waals surface area contributed by atoms with Crippen molar-refractivity contribution in [3.63, 3.8) is 0 Å². The van der Waals surface area contributed by atoms with Crippen molar-refractivity contribution in [2.24, 2.45) is 0 Å². The van der Waals surface area contributed by atoms with Crippen LogP contribution >= 0.6 is 0 Å². The molecule has 4 heteroatoms. The van der Waals surface area contributed by atoms with Crippen molar-refractivity contribution in [1.29, 1.82) is 0 Å². The van der Waals surface area contributed by atoms with E-state index in [1.807, 2.05) is 25.2 Å². The number of pyridine rings is 1. The van der Waals surface area contributed by atoms with E-state index in [4.69, 9.17) is 4.74 Å². The fourth-order valence-electron chi connectivity index (χ4n) is 1.95. The lowest BCUT2D eigenvalue weighted by molar-refractivity contribution is -0.0279. The minimum atomic E-state index is -0.0877. The summed E-state index contributed by atoms with van der Waals surface area (Å²) in [6, 6.07) is 6.04. The second-order valence-corrected chi connectivity index (χ2v) is 4.66. The average molecular weight is 221 g/mol. The lowest BCUT2D eigenvalue weighted by atomic mass is 10.1. The van der Waals surface area contributed by atoms with Gasteiger partial charge in [-0.2, -0.15) is 0 Å². The lowest BCUT2D eigenvalue weighted by Crippen LogP contribution is -2.48. The molecule has 0 bridgehead atoms. The van der Waals surface area contributed by atoms with Gasteiger partial charge in [-0.15, -0.1) is 0 Å². The molecule has 1 aliphatic heterocycles. The van der Waals surface area contributed by atoms with Gasteiger partial charge in [-0.05, 0) is 26.0 Å². The predicted octanol–water partition coefficient (Wildman–Crippen LogP) is 1.74. The Morgan fingerprint density at radius 3 is 2.94 bits per heavy atom. The van der Waals surface area contributed by atoms with E-state index in [0.29, 0.717) is 0 Å². The van der Waals surface area contributed by atoms with Gasteiger partial charge in [0.15, 0.2) is 0 Å². The maximum absolute atomic E-state index is 5.69. The molecule has 2 heterocycles. The van der Waals surface area contributed by atoms with E-state index in [9.17, 15) is 0 Å². The van der Waals surface area contributed by atoms with Gasteiger partial charge in [0.25, 0.3) is 0 Å². The molecule has 1 aromatic heterocycles. The third-order valence-corrected chi connectivity index (χ3v) is 2.74. The summed E-state index contributed by atoms with van der Waals surface area (Å²) in [7, 11) is 1.88. The minimum absolute atomic E-state index is 0.0877. The molecule has 1 N–H and O–H groups in total. The SMILES string of the molecule is CNc1cccc(N2CCOC(C)(C)C2)n1. The number of rotatable bonds is 2. The van der Waals surface area contributed by atoms with Gasteiger partial charge < -0.3 is 15.0 Å². The van der Waals surface area contributed by atoms with Crippen LogP contribution in [0.3, 0.4) is 0 Å². The fraction of sp³-hybridized carbons (Fsp3) is 0.583. The molecule has 1 saturated heterocycles. The number of hydrogen-bond acceptors (Lipinski definition) is 4. The van der Waals surface area contributed by atoms with E-state index in [1.54, 1.807) is 0 Å². The number of morpholine rings is 1. The van der Waals surface area contributed by atoms with Crippen LogP contribution in [0.25, 0.3) is 0 Å². The first kappa shape index (κ1) is 11.2. The molecular weight excluding hydrogens is 202 g/mol. The molecule has 88 valence electrons. The van der Waals surface area contributed by atoms with Gasteiger partial charge in [-0.1, -0.05) is 6.07 Å². The summed E-state index contributed by atoms with van der Waals surface area (Å²) >= 11 is 0. The summed E-state index contributed by atoms with van der Waals surface area (Å²) in [5.74, 6) is 1.92. The zero-order valence-corrected chi connectivity index (χ0v) is 10.2. The third-order valence-electron chi connectivity index (χ3n) is 2.74. The number of nitrogens with zero attached hydrogens (tertiary/aromatic N) is 2. The van der Waals surface area contributed by atoms with Gasteiger partial charge in [-0.25, -0.2) is 4.98 Å². The Bertz CT molecular complexity index is 365. The van der Waals surface area contributed by atoms with Crippen molar-refractivity contribution in [2.75, 3.05) is 37.0 Å². The summed E-state index contributed by atoms with van der Waals surface area (Å²) in [6.07, 6.45) is 0.